The molecule has 0 saturated heterocycles. The third kappa shape index (κ3) is 2.51. The minimum atomic E-state index is 0.0164. The van der Waals surface area contributed by atoms with E-state index in [1.165, 1.54) is 0 Å². The fourth-order valence-electron chi connectivity index (χ4n) is 2.96. The van der Waals surface area contributed by atoms with E-state index in [1.54, 1.807) is 6.07 Å². The number of para-hydroxylation sites is 2. The smallest absolute Gasteiger partial charge is 0.190 e. The van der Waals surface area contributed by atoms with Gasteiger partial charge in [-0.25, -0.2) is 0 Å². The lowest BCUT2D eigenvalue weighted by Crippen LogP contribution is -2.10. The Morgan fingerprint density at radius 1 is 0.750 bits per heavy atom. The fraction of sp³-hybridized carbons (Fsp3) is 0. The minimum Gasteiger partial charge on any atom is -0.309 e. The maximum absolute atomic E-state index is 12.6. The van der Waals surface area contributed by atoms with E-state index in [0.29, 0.717) is 10.4 Å². The second kappa shape index (κ2) is 5.99. The summed E-state index contributed by atoms with van der Waals surface area (Å²) in [6.45, 7) is 0. The first kappa shape index (κ1) is 14.7. The van der Waals surface area contributed by atoms with E-state index in [2.05, 4.69) is 4.57 Å². The van der Waals surface area contributed by atoms with Crippen LogP contribution in [0.4, 0.5) is 0 Å². The number of rotatable bonds is 2. The zero-order chi connectivity index (χ0) is 16.5. The Morgan fingerprint density at radius 2 is 1.42 bits per heavy atom. The molecule has 1 aromatic heterocycles. The lowest BCUT2D eigenvalue weighted by Gasteiger charge is -2.17. The quantitative estimate of drug-likeness (QED) is 0.488. The van der Waals surface area contributed by atoms with Gasteiger partial charge >= 0.3 is 0 Å². The number of hydrogen-bond donors (Lipinski definition) is 0. The van der Waals surface area contributed by atoms with E-state index in [0.717, 1.165) is 22.5 Å². The van der Waals surface area contributed by atoms with Crippen molar-refractivity contribution in [1.29, 1.82) is 0 Å². The zero-order valence-corrected chi connectivity index (χ0v) is 13.6. The molecule has 0 radical (unpaired) electrons. The van der Waals surface area contributed by atoms with E-state index in [9.17, 15) is 4.79 Å². The van der Waals surface area contributed by atoms with Gasteiger partial charge in [0.1, 0.15) is 0 Å². The van der Waals surface area contributed by atoms with Gasteiger partial charge in [0.25, 0.3) is 0 Å². The number of fused-ring (bicyclic) bond motifs is 1. The molecule has 0 saturated carbocycles. The molecule has 3 heteroatoms. The monoisotopic (exact) mass is 331 g/mol. The van der Waals surface area contributed by atoms with Gasteiger partial charge in [0.15, 0.2) is 5.43 Å². The summed E-state index contributed by atoms with van der Waals surface area (Å²) in [6, 6.07) is 27.0. The summed E-state index contributed by atoms with van der Waals surface area (Å²) in [7, 11) is 0. The van der Waals surface area contributed by atoms with Crippen molar-refractivity contribution in [3.63, 3.8) is 0 Å². The highest BCUT2D eigenvalue weighted by atomic mass is 35.5. The number of halogens is 1. The molecular formula is C21H14ClNO. The molecule has 0 unspecified atom stereocenters. The molecular weight excluding hydrogens is 318 g/mol. The zero-order valence-electron chi connectivity index (χ0n) is 12.8. The lowest BCUT2D eigenvalue weighted by atomic mass is 10.1. The summed E-state index contributed by atoms with van der Waals surface area (Å²) >= 11 is 6.01. The first-order valence-corrected chi connectivity index (χ1v) is 8.08. The summed E-state index contributed by atoms with van der Waals surface area (Å²) in [5, 5.41) is 1.38. The number of benzene rings is 3. The van der Waals surface area contributed by atoms with Gasteiger partial charge in [-0.15, -0.1) is 0 Å². The van der Waals surface area contributed by atoms with Crippen molar-refractivity contribution >= 4 is 22.5 Å². The molecule has 3 aromatic carbocycles. The van der Waals surface area contributed by atoms with Gasteiger partial charge in [0.05, 0.1) is 11.2 Å². The predicted octanol–water partition coefficient (Wildman–Crippen LogP) is 5.31. The van der Waals surface area contributed by atoms with Gasteiger partial charge in [-0.05, 0) is 42.0 Å². The van der Waals surface area contributed by atoms with Gasteiger partial charge in [0.2, 0.25) is 0 Å². The third-order valence-electron chi connectivity index (χ3n) is 4.07. The van der Waals surface area contributed by atoms with Crippen molar-refractivity contribution in [3.05, 3.63) is 100 Å². The molecule has 0 N–H and O–H groups in total. The fourth-order valence-corrected chi connectivity index (χ4v) is 3.09. The van der Waals surface area contributed by atoms with Gasteiger partial charge in [0, 0.05) is 22.2 Å². The van der Waals surface area contributed by atoms with Crippen molar-refractivity contribution in [3.8, 4) is 16.9 Å². The average molecular weight is 332 g/mol. The number of pyridine rings is 1. The Hall–Kier alpha value is -2.84. The van der Waals surface area contributed by atoms with Crippen LogP contribution in [0.15, 0.2) is 89.7 Å². The van der Waals surface area contributed by atoms with E-state index >= 15 is 0 Å². The lowest BCUT2D eigenvalue weighted by molar-refractivity contribution is 1.11. The highest BCUT2D eigenvalue weighted by Crippen LogP contribution is 2.27. The van der Waals surface area contributed by atoms with Crippen LogP contribution in [0, 0.1) is 0 Å². The van der Waals surface area contributed by atoms with Crippen molar-refractivity contribution in [2.24, 2.45) is 0 Å². The summed E-state index contributed by atoms with van der Waals surface area (Å²) in [6.07, 6.45) is 0. The molecule has 24 heavy (non-hydrogen) atoms. The maximum atomic E-state index is 12.6. The molecule has 0 bridgehead atoms. The second-order valence-electron chi connectivity index (χ2n) is 5.59. The van der Waals surface area contributed by atoms with E-state index in [-0.39, 0.29) is 5.43 Å². The Morgan fingerprint density at radius 3 is 2.17 bits per heavy atom. The van der Waals surface area contributed by atoms with Gasteiger partial charge in [-0.1, -0.05) is 54.1 Å². The molecule has 4 rings (SSSR count). The first-order chi connectivity index (χ1) is 11.7. The summed E-state index contributed by atoms with van der Waals surface area (Å²) in [5.41, 5.74) is 3.72. The first-order valence-electron chi connectivity index (χ1n) is 7.70. The van der Waals surface area contributed by atoms with Crippen LogP contribution >= 0.6 is 11.6 Å². The largest absolute Gasteiger partial charge is 0.309 e. The van der Waals surface area contributed by atoms with Crippen LogP contribution < -0.4 is 5.43 Å². The summed E-state index contributed by atoms with van der Waals surface area (Å²) < 4.78 is 2.11. The highest BCUT2D eigenvalue weighted by Gasteiger charge is 2.12. The van der Waals surface area contributed by atoms with E-state index < -0.39 is 0 Å². The molecule has 1 heterocycles. The number of hydrogen-bond acceptors (Lipinski definition) is 1. The topological polar surface area (TPSA) is 22.0 Å². The molecule has 0 atom stereocenters. The predicted molar refractivity (Wildman–Crippen MR) is 100.0 cm³/mol. The molecule has 0 amide bonds. The van der Waals surface area contributed by atoms with Crippen LogP contribution in [0.25, 0.3) is 27.8 Å². The van der Waals surface area contributed by atoms with Crippen LogP contribution in [0.3, 0.4) is 0 Å². The molecule has 4 aromatic rings. The van der Waals surface area contributed by atoms with Crippen LogP contribution in [0.1, 0.15) is 0 Å². The molecule has 2 nitrogen and oxygen atoms in total. The third-order valence-corrected chi connectivity index (χ3v) is 4.33. The highest BCUT2D eigenvalue weighted by molar-refractivity contribution is 6.30. The SMILES string of the molecule is O=c1cc(-c2ccc(Cl)cc2)n(-c2ccccc2)c2ccccc12. The average Bonchev–Trinajstić information content (AvgIpc) is 2.63. The molecule has 0 aliphatic carbocycles. The second-order valence-corrected chi connectivity index (χ2v) is 6.03. The van der Waals surface area contributed by atoms with Crippen LogP contribution in [-0.4, -0.2) is 4.57 Å². The van der Waals surface area contributed by atoms with Gasteiger partial charge in [-0.2, -0.15) is 0 Å². The van der Waals surface area contributed by atoms with Crippen LogP contribution in [0.5, 0.6) is 0 Å². The maximum Gasteiger partial charge on any atom is 0.190 e. The Bertz CT molecular complexity index is 1070. The summed E-state index contributed by atoms with van der Waals surface area (Å²) in [4.78, 5) is 12.6. The van der Waals surface area contributed by atoms with Crippen molar-refractivity contribution < 1.29 is 0 Å². The Labute approximate surface area is 144 Å². The molecule has 116 valence electrons. The molecule has 0 spiro atoms. The molecule has 0 fully saturated rings. The Balaban J connectivity index is 2.13. The molecule has 0 aliphatic heterocycles. The van der Waals surface area contributed by atoms with E-state index in [1.807, 2.05) is 78.9 Å². The van der Waals surface area contributed by atoms with Crippen molar-refractivity contribution in [2.75, 3.05) is 0 Å². The Kier molecular flexibility index (Phi) is 3.68. The molecule has 0 aliphatic rings. The number of nitrogens with zero attached hydrogens (tertiary/aromatic N) is 1. The van der Waals surface area contributed by atoms with E-state index in [4.69, 9.17) is 11.6 Å². The van der Waals surface area contributed by atoms with Crippen molar-refractivity contribution in [1.82, 2.24) is 4.57 Å². The van der Waals surface area contributed by atoms with Crippen LogP contribution in [0.2, 0.25) is 5.02 Å². The van der Waals surface area contributed by atoms with Crippen LogP contribution in [-0.2, 0) is 0 Å². The standard InChI is InChI=1S/C21H14ClNO/c22-16-12-10-15(11-13-16)20-14-21(24)18-8-4-5-9-19(18)23(20)17-6-2-1-3-7-17/h1-14H. The minimum absolute atomic E-state index is 0.0164. The summed E-state index contributed by atoms with van der Waals surface area (Å²) in [5.74, 6) is 0. The number of aromatic nitrogens is 1. The van der Waals surface area contributed by atoms with Crippen molar-refractivity contribution in [2.45, 2.75) is 0 Å². The van der Waals surface area contributed by atoms with Gasteiger partial charge in [-0.3, -0.25) is 4.79 Å². The van der Waals surface area contributed by atoms with Gasteiger partial charge < -0.3 is 4.57 Å². The normalized spacial score (nSPS) is 10.9.